The molecule has 1 unspecified atom stereocenters. The fourth-order valence-corrected chi connectivity index (χ4v) is 2.12. The Labute approximate surface area is 111 Å². The molecule has 0 amide bonds. The van der Waals surface area contributed by atoms with Crippen molar-refractivity contribution in [3.8, 4) is 0 Å². The van der Waals surface area contributed by atoms with Gasteiger partial charge in [-0.1, -0.05) is 19.4 Å². The standard InChI is InChI=1S/C15H25N3/c1-4-5-12(2)18(3)15-9-6-13(11-17-15)10-16-14-7-8-14/h6,9,11-12,14,16H,4-5,7-8,10H2,1-3H3. The van der Waals surface area contributed by atoms with E-state index in [0.29, 0.717) is 6.04 Å². The van der Waals surface area contributed by atoms with Crippen LogP contribution >= 0.6 is 0 Å². The highest BCUT2D eigenvalue weighted by atomic mass is 15.2. The average Bonchev–Trinajstić information content (AvgIpc) is 3.20. The molecule has 1 aromatic rings. The Kier molecular flexibility index (Phi) is 4.59. The summed E-state index contributed by atoms with van der Waals surface area (Å²) in [7, 11) is 2.13. The Hall–Kier alpha value is -1.09. The van der Waals surface area contributed by atoms with Gasteiger partial charge in [-0.3, -0.25) is 0 Å². The van der Waals surface area contributed by atoms with Gasteiger partial charge in [-0.25, -0.2) is 4.98 Å². The molecule has 1 N–H and O–H groups in total. The van der Waals surface area contributed by atoms with Crippen molar-refractivity contribution >= 4 is 5.82 Å². The molecule has 3 heteroatoms. The molecule has 0 aromatic carbocycles. The SMILES string of the molecule is CCCC(C)N(C)c1ccc(CNC2CC2)cn1. The lowest BCUT2D eigenvalue weighted by Crippen LogP contribution is -2.29. The van der Waals surface area contributed by atoms with E-state index in [0.717, 1.165) is 18.4 Å². The molecule has 100 valence electrons. The molecule has 18 heavy (non-hydrogen) atoms. The summed E-state index contributed by atoms with van der Waals surface area (Å²) in [6.45, 7) is 5.43. The zero-order chi connectivity index (χ0) is 13.0. The third-order valence-corrected chi connectivity index (χ3v) is 3.71. The van der Waals surface area contributed by atoms with E-state index in [-0.39, 0.29) is 0 Å². The van der Waals surface area contributed by atoms with Crippen molar-refractivity contribution in [2.24, 2.45) is 0 Å². The van der Waals surface area contributed by atoms with Crippen LogP contribution in [-0.4, -0.2) is 24.1 Å². The van der Waals surface area contributed by atoms with Crippen molar-refractivity contribution in [1.29, 1.82) is 0 Å². The van der Waals surface area contributed by atoms with Crippen LogP contribution in [0, 0.1) is 0 Å². The first-order valence-electron chi connectivity index (χ1n) is 7.12. The van der Waals surface area contributed by atoms with Gasteiger partial charge >= 0.3 is 0 Å². The van der Waals surface area contributed by atoms with Crippen molar-refractivity contribution in [3.05, 3.63) is 23.9 Å². The fraction of sp³-hybridized carbons (Fsp3) is 0.667. The van der Waals surface area contributed by atoms with E-state index in [9.17, 15) is 0 Å². The summed E-state index contributed by atoms with van der Waals surface area (Å²) in [5.41, 5.74) is 1.28. The lowest BCUT2D eigenvalue weighted by molar-refractivity contribution is 0.610. The van der Waals surface area contributed by atoms with Gasteiger partial charge in [0.1, 0.15) is 5.82 Å². The summed E-state index contributed by atoms with van der Waals surface area (Å²) in [6, 6.07) is 5.64. The minimum Gasteiger partial charge on any atom is -0.357 e. The number of hydrogen-bond donors (Lipinski definition) is 1. The molecule has 0 saturated heterocycles. The van der Waals surface area contributed by atoms with Gasteiger partial charge in [0.25, 0.3) is 0 Å². The fourth-order valence-electron chi connectivity index (χ4n) is 2.12. The van der Waals surface area contributed by atoms with Crippen LogP contribution in [0.3, 0.4) is 0 Å². The highest BCUT2D eigenvalue weighted by Crippen LogP contribution is 2.20. The lowest BCUT2D eigenvalue weighted by Gasteiger charge is -2.25. The summed E-state index contributed by atoms with van der Waals surface area (Å²) in [5.74, 6) is 1.08. The zero-order valence-corrected chi connectivity index (χ0v) is 11.8. The molecular formula is C15H25N3. The zero-order valence-electron chi connectivity index (χ0n) is 11.8. The van der Waals surface area contributed by atoms with Crippen LogP contribution in [0.1, 0.15) is 45.1 Å². The Morgan fingerprint density at radius 2 is 2.22 bits per heavy atom. The maximum absolute atomic E-state index is 4.57. The van der Waals surface area contributed by atoms with Crippen LogP contribution in [0.4, 0.5) is 5.82 Å². The van der Waals surface area contributed by atoms with E-state index in [4.69, 9.17) is 0 Å². The molecular weight excluding hydrogens is 222 g/mol. The highest BCUT2D eigenvalue weighted by molar-refractivity contribution is 5.39. The van der Waals surface area contributed by atoms with Gasteiger partial charge in [0.15, 0.2) is 0 Å². The first-order chi connectivity index (χ1) is 8.70. The number of anilines is 1. The largest absolute Gasteiger partial charge is 0.357 e. The summed E-state index contributed by atoms with van der Waals surface area (Å²) in [4.78, 5) is 6.83. The lowest BCUT2D eigenvalue weighted by atomic mass is 10.1. The molecule has 3 nitrogen and oxygen atoms in total. The van der Waals surface area contributed by atoms with E-state index >= 15 is 0 Å². The summed E-state index contributed by atoms with van der Waals surface area (Å²) in [5, 5.41) is 3.51. The van der Waals surface area contributed by atoms with Crippen molar-refractivity contribution in [3.63, 3.8) is 0 Å². The first kappa shape index (κ1) is 13.3. The third kappa shape index (κ3) is 3.70. The van der Waals surface area contributed by atoms with Gasteiger partial charge in [0.05, 0.1) is 0 Å². The molecule has 1 saturated carbocycles. The monoisotopic (exact) mass is 247 g/mol. The van der Waals surface area contributed by atoms with Crippen molar-refractivity contribution in [1.82, 2.24) is 10.3 Å². The molecule has 0 radical (unpaired) electrons. The second-order valence-electron chi connectivity index (χ2n) is 5.43. The molecule has 1 aliphatic carbocycles. The predicted molar refractivity (Wildman–Crippen MR) is 76.9 cm³/mol. The van der Waals surface area contributed by atoms with Gasteiger partial charge in [0.2, 0.25) is 0 Å². The van der Waals surface area contributed by atoms with Gasteiger partial charge in [0, 0.05) is 31.9 Å². The molecule has 2 rings (SSSR count). The quantitative estimate of drug-likeness (QED) is 0.803. The Morgan fingerprint density at radius 1 is 1.44 bits per heavy atom. The average molecular weight is 247 g/mol. The maximum atomic E-state index is 4.57. The number of rotatable bonds is 7. The number of hydrogen-bond acceptors (Lipinski definition) is 3. The van der Waals surface area contributed by atoms with Gasteiger partial charge < -0.3 is 10.2 Å². The van der Waals surface area contributed by atoms with Gasteiger partial charge in [-0.15, -0.1) is 0 Å². The maximum Gasteiger partial charge on any atom is 0.128 e. The minimum absolute atomic E-state index is 0.554. The predicted octanol–water partition coefficient (Wildman–Crippen LogP) is 2.96. The van der Waals surface area contributed by atoms with Crippen molar-refractivity contribution in [2.45, 2.75) is 58.2 Å². The topological polar surface area (TPSA) is 28.2 Å². The number of pyridine rings is 1. The van der Waals surface area contributed by atoms with E-state index in [1.165, 1.54) is 31.2 Å². The number of aromatic nitrogens is 1. The van der Waals surface area contributed by atoms with E-state index < -0.39 is 0 Å². The number of nitrogens with one attached hydrogen (secondary N) is 1. The molecule has 0 aliphatic heterocycles. The van der Waals surface area contributed by atoms with Crippen LogP contribution in [-0.2, 0) is 6.54 Å². The minimum atomic E-state index is 0.554. The Morgan fingerprint density at radius 3 is 2.78 bits per heavy atom. The molecule has 1 aliphatic rings. The van der Waals surface area contributed by atoms with E-state index in [1.54, 1.807) is 0 Å². The number of nitrogens with zero attached hydrogens (tertiary/aromatic N) is 2. The third-order valence-electron chi connectivity index (χ3n) is 3.71. The second kappa shape index (κ2) is 6.19. The summed E-state index contributed by atoms with van der Waals surface area (Å²) < 4.78 is 0. The summed E-state index contributed by atoms with van der Waals surface area (Å²) in [6.07, 6.45) is 7.10. The molecule has 0 spiro atoms. The smallest absolute Gasteiger partial charge is 0.128 e. The second-order valence-corrected chi connectivity index (χ2v) is 5.43. The molecule has 0 bridgehead atoms. The van der Waals surface area contributed by atoms with Crippen LogP contribution < -0.4 is 10.2 Å². The molecule has 1 heterocycles. The highest BCUT2D eigenvalue weighted by Gasteiger charge is 2.20. The van der Waals surface area contributed by atoms with Crippen LogP contribution in [0.5, 0.6) is 0 Å². The van der Waals surface area contributed by atoms with Crippen molar-refractivity contribution < 1.29 is 0 Å². The Bertz CT molecular complexity index is 357. The van der Waals surface area contributed by atoms with Gasteiger partial charge in [-0.05, 0) is 37.8 Å². The molecule has 1 aromatic heterocycles. The van der Waals surface area contributed by atoms with E-state index in [1.807, 2.05) is 6.20 Å². The summed E-state index contributed by atoms with van der Waals surface area (Å²) >= 11 is 0. The Balaban J connectivity index is 1.88. The molecule has 1 atom stereocenters. The van der Waals surface area contributed by atoms with E-state index in [2.05, 4.69) is 48.2 Å². The van der Waals surface area contributed by atoms with Crippen LogP contribution in [0.15, 0.2) is 18.3 Å². The normalized spacial score (nSPS) is 16.6. The van der Waals surface area contributed by atoms with Gasteiger partial charge in [-0.2, -0.15) is 0 Å². The van der Waals surface area contributed by atoms with Crippen LogP contribution in [0.25, 0.3) is 0 Å². The first-order valence-corrected chi connectivity index (χ1v) is 7.12. The van der Waals surface area contributed by atoms with Crippen LogP contribution in [0.2, 0.25) is 0 Å². The van der Waals surface area contributed by atoms with Crippen molar-refractivity contribution in [2.75, 3.05) is 11.9 Å². The molecule has 1 fully saturated rings.